The summed E-state index contributed by atoms with van der Waals surface area (Å²) >= 11 is 6.54. The van der Waals surface area contributed by atoms with Crippen LogP contribution in [0.1, 0.15) is 41.8 Å². The van der Waals surface area contributed by atoms with Crippen LogP contribution in [0.4, 0.5) is 4.39 Å². The van der Waals surface area contributed by atoms with Crippen molar-refractivity contribution < 1.29 is 9.18 Å². The van der Waals surface area contributed by atoms with Crippen LogP contribution in [-0.2, 0) is 24.3 Å². The molecule has 6 rings (SSSR count). The van der Waals surface area contributed by atoms with Crippen LogP contribution in [0.25, 0.3) is 16.8 Å². The molecule has 0 bridgehead atoms. The average molecular weight is 536 g/mol. The molecule has 198 valence electrons. The van der Waals surface area contributed by atoms with Gasteiger partial charge in [0.2, 0.25) is 5.91 Å². The number of hydrogen-bond donors (Lipinski definition) is 0. The maximum absolute atomic E-state index is 13.3. The van der Waals surface area contributed by atoms with Gasteiger partial charge in [-0.2, -0.15) is 10.2 Å². The minimum absolute atomic E-state index is 0.108. The molecule has 38 heavy (non-hydrogen) atoms. The van der Waals surface area contributed by atoms with E-state index in [2.05, 4.69) is 34.9 Å². The standard InChI is InChI=1S/C28H31ClFN7O/c1-17(24-7-6-22(30)11-31-24)4-5-19-10-20(15-37-27(19)23(29)12-32-37)26-18(2)25-16-35(8-9-36(25)33-26)28(38)21-13-34(3)14-21/h6-7,10-12,15,17,21H,4-5,8-9,13-14,16H2,1-3H3. The summed E-state index contributed by atoms with van der Waals surface area (Å²) in [5.41, 5.74) is 6.87. The smallest absolute Gasteiger partial charge is 0.228 e. The molecule has 1 saturated heterocycles. The summed E-state index contributed by atoms with van der Waals surface area (Å²) in [6, 6.07) is 5.35. The minimum Gasteiger partial charge on any atom is -0.335 e. The van der Waals surface area contributed by atoms with Crippen molar-refractivity contribution in [3.63, 3.8) is 0 Å². The fourth-order valence-electron chi connectivity index (χ4n) is 5.71. The van der Waals surface area contributed by atoms with Crippen molar-refractivity contribution in [2.24, 2.45) is 5.92 Å². The molecule has 10 heteroatoms. The lowest BCUT2D eigenvalue weighted by Crippen LogP contribution is -2.53. The van der Waals surface area contributed by atoms with Gasteiger partial charge in [0.05, 0.1) is 53.3 Å². The lowest BCUT2D eigenvalue weighted by Gasteiger charge is -2.39. The van der Waals surface area contributed by atoms with E-state index < -0.39 is 0 Å². The first-order chi connectivity index (χ1) is 18.3. The number of nitrogens with zero attached hydrogens (tertiary/aromatic N) is 7. The molecule has 0 aliphatic carbocycles. The van der Waals surface area contributed by atoms with Crippen molar-refractivity contribution in [1.82, 2.24) is 34.2 Å². The highest BCUT2D eigenvalue weighted by molar-refractivity contribution is 6.34. The molecule has 1 fully saturated rings. The van der Waals surface area contributed by atoms with Crippen LogP contribution in [0.5, 0.6) is 0 Å². The fourth-order valence-corrected chi connectivity index (χ4v) is 5.96. The molecule has 2 aliphatic rings. The Hall–Kier alpha value is -3.30. The first kappa shape index (κ1) is 25.0. The predicted octanol–water partition coefficient (Wildman–Crippen LogP) is 4.33. The molecule has 0 radical (unpaired) electrons. The number of pyridine rings is 2. The highest BCUT2D eigenvalue weighted by Crippen LogP contribution is 2.33. The quantitative estimate of drug-likeness (QED) is 0.367. The van der Waals surface area contributed by atoms with E-state index in [9.17, 15) is 9.18 Å². The number of aryl methyl sites for hydroxylation is 1. The van der Waals surface area contributed by atoms with E-state index in [1.807, 2.05) is 27.3 Å². The third-order valence-corrected chi connectivity index (χ3v) is 8.27. The second-order valence-electron chi connectivity index (χ2n) is 10.7. The van der Waals surface area contributed by atoms with Gasteiger partial charge in [-0.05, 0) is 56.5 Å². The van der Waals surface area contributed by atoms with Crippen LogP contribution < -0.4 is 0 Å². The van der Waals surface area contributed by atoms with E-state index in [4.69, 9.17) is 16.7 Å². The zero-order valence-electron chi connectivity index (χ0n) is 21.9. The summed E-state index contributed by atoms with van der Waals surface area (Å²) in [4.78, 5) is 21.4. The molecule has 4 aromatic heterocycles. The number of likely N-dealkylation sites (tertiary alicyclic amines) is 1. The molecule has 0 aromatic carbocycles. The van der Waals surface area contributed by atoms with E-state index in [0.717, 1.165) is 65.2 Å². The molecule has 0 spiro atoms. The van der Waals surface area contributed by atoms with Crippen LogP contribution in [0.2, 0.25) is 5.02 Å². The second kappa shape index (κ2) is 9.78. The van der Waals surface area contributed by atoms with Crippen molar-refractivity contribution in [2.45, 2.75) is 45.7 Å². The average Bonchev–Trinajstić information content (AvgIpc) is 3.44. The summed E-state index contributed by atoms with van der Waals surface area (Å²) < 4.78 is 17.2. The van der Waals surface area contributed by atoms with Crippen LogP contribution in [-0.4, -0.2) is 66.8 Å². The number of carbonyl (C=O) groups is 1. The van der Waals surface area contributed by atoms with Crippen LogP contribution in [0.15, 0.2) is 36.8 Å². The maximum Gasteiger partial charge on any atom is 0.228 e. The molecule has 1 unspecified atom stereocenters. The summed E-state index contributed by atoms with van der Waals surface area (Å²) in [5.74, 6) is 0.178. The van der Waals surface area contributed by atoms with Gasteiger partial charge < -0.3 is 9.80 Å². The minimum atomic E-state index is -0.331. The van der Waals surface area contributed by atoms with E-state index >= 15 is 0 Å². The largest absolute Gasteiger partial charge is 0.335 e. The third kappa shape index (κ3) is 4.47. The first-order valence-electron chi connectivity index (χ1n) is 13.1. The van der Waals surface area contributed by atoms with Gasteiger partial charge in [-0.25, -0.2) is 8.91 Å². The lowest BCUT2D eigenvalue weighted by molar-refractivity contribution is -0.142. The van der Waals surface area contributed by atoms with Gasteiger partial charge in [0.1, 0.15) is 5.82 Å². The van der Waals surface area contributed by atoms with E-state index in [0.29, 0.717) is 24.7 Å². The molecule has 1 amide bonds. The predicted molar refractivity (Wildman–Crippen MR) is 143 cm³/mol. The van der Waals surface area contributed by atoms with Crippen molar-refractivity contribution in [3.8, 4) is 11.3 Å². The summed E-state index contributed by atoms with van der Waals surface area (Å²) in [6.45, 7) is 7.82. The molecule has 6 heterocycles. The van der Waals surface area contributed by atoms with Gasteiger partial charge >= 0.3 is 0 Å². The normalized spacial score (nSPS) is 17.0. The maximum atomic E-state index is 13.3. The molecular formula is C28H31ClFN7O. The van der Waals surface area contributed by atoms with Crippen LogP contribution in [0.3, 0.4) is 0 Å². The molecule has 2 aliphatic heterocycles. The Labute approximate surface area is 226 Å². The SMILES string of the molecule is Cc1c(-c2cc(CCC(C)c3ccc(F)cn3)c3c(Cl)cnn3c2)nn2c1CN(C(=O)C1CN(C)C1)CC2. The van der Waals surface area contributed by atoms with E-state index in [1.165, 1.54) is 12.3 Å². The van der Waals surface area contributed by atoms with Gasteiger partial charge in [0, 0.05) is 42.7 Å². The second-order valence-corrected chi connectivity index (χ2v) is 11.1. The first-order valence-corrected chi connectivity index (χ1v) is 13.5. The molecule has 8 nitrogen and oxygen atoms in total. The topological polar surface area (TPSA) is 71.6 Å². The number of aromatic nitrogens is 5. The highest BCUT2D eigenvalue weighted by atomic mass is 35.5. The van der Waals surface area contributed by atoms with Crippen molar-refractivity contribution in [1.29, 1.82) is 0 Å². The number of halogens is 2. The summed E-state index contributed by atoms with van der Waals surface area (Å²) in [5, 5.41) is 10.1. The highest BCUT2D eigenvalue weighted by Gasteiger charge is 2.35. The van der Waals surface area contributed by atoms with E-state index in [-0.39, 0.29) is 23.6 Å². The number of amides is 1. The Morgan fingerprint density at radius 2 is 2.05 bits per heavy atom. The van der Waals surface area contributed by atoms with Gasteiger partial charge in [-0.1, -0.05) is 18.5 Å². The number of rotatable bonds is 6. The zero-order valence-corrected chi connectivity index (χ0v) is 22.6. The Balaban J connectivity index is 1.28. The van der Waals surface area contributed by atoms with Crippen molar-refractivity contribution in [2.75, 3.05) is 26.7 Å². The Bertz CT molecular complexity index is 1510. The molecule has 0 saturated carbocycles. The fraction of sp³-hybridized carbons (Fsp3) is 0.429. The van der Waals surface area contributed by atoms with Gasteiger partial charge in [-0.3, -0.25) is 14.5 Å². The van der Waals surface area contributed by atoms with Gasteiger partial charge in [-0.15, -0.1) is 0 Å². The Morgan fingerprint density at radius 1 is 1.24 bits per heavy atom. The lowest BCUT2D eigenvalue weighted by atomic mass is 9.96. The Morgan fingerprint density at radius 3 is 2.79 bits per heavy atom. The zero-order chi connectivity index (χ0) is 26.6. The van der Waals surface area contributed by atoms with Crippen LogP contribution >= 0.6 is 11.6 Å². The van der Waals surface area contributed by atoms with Gasteiger partial charge in [0.25, 0.3) is 0 Å². The number of carbonyl (C=O) groups excluding carboxylic acids is 1. The van der Waals surface area contributed by atoms with E-state index in [1.54, 1.807) is 12.3 Å². The van der Waals surface area contributed by atoms with Crippen molar-refractivity contribution >= 4 is 23.0 Å². The molecule has 0 N–H and O–H groups in total. The summed E-state index contributed by atoms with van der Waals surface area (Å²) in [6.07, 6.45) is 6.49. The summed E-state index contributed by atoms with van der Waals surface area (Å²) in [7, 11) is 2.05. The molecule has 4 aromatic rings. The number of hydrogen-bond acceptors (Lipinski definition) is 5. The van der Waals surface area contributed by atoms with Crippen molar-refractivity contribution in [3.05, 3.63) is 70.1 Å². The van der Waals surface area contributed by atoms with Crippen LogP contribution in [0, 0.1) is 18.7 Å². The third-order valence-electron chi connectivity index (χ3n) is 7.99. The monoisotopic (exact) mass is 535 g/mol. The Kier molecular flexibility index (Phi) is 6.44. The molecule has 1 atom stereocenters. The molecular weight excluding hydrogens is 505 g/mol. The van der Waals surface area contributed by atoms with Gasteiger partial charge in [0.15, 0.2) is 0 Å². The number of fused-ring (bicyclic) bond motifs is 2.